The molecule has 8 nitrogen and oxygen atoms in total. The predicted octanol–water partition coefficient (Wildman–Crippen LogP) is 0.317. The van der Waals surface area contributed by atoms with E-state index >= 15 is 0 Å². The van der Waals surface area contributed by atoms with E-state index in [1.165, 1.54) is 4.90 Å². The van der Waals surface area contributed by atoms with E-state index in [0.29, 0.717) is 32.5 Å². The van der Waals surface area contributed by atoms with Gasteiger partial charge in [-0.1, -0.05) is 12.1 Å². The van der Waals surface area contributed by atoms with Gasteiger partial charge < -0.3 is 15.3 Å². The highest BCUT2D eigenvalue weighted by Crippen LogP contribution is 2.32. The van der Waals surface area contributed by atoms with E-state index < -0.39 is 11.5 Å². The average molecular weight is 281 g/mol. The molecule has 0 spiro atoms. The Hall–Kier alpha value is -2.12. The summed E-state index contributed by atoms with van der Waals surface area (Å²) >= 11 is 0. The maximum absolute atomic E-state index is 12.2. The maximum Gasteiger partial charge on any atom is 0.329 e. The Morgan fingerprint density at radius 1 is 1.50 bits per heavy atom. The number of carboxylic acids is 1. The topological polar surface area (TPSA) is 100 Å². The van der Waals surface area contributed by atoms with Crippen LogP contribution in [0.5, 0.6) is 0 Å². The van der Waals surface area contributed by atoms with E-state index in [4.69, 9.17) is 0 Å². The van der Waals surface area contributed by atoms with Gasteiger partial charge >= 0.3 is 12.0 Å². The first kappa shape index (κ1) is 14.3. The molecule has 1 aliphatic heterocycles. The number of carboxylic acid groups (broad SMARTS) is 1. The molecule has 1 atom stereocenters. The van der Waals surface area contributed by atoms with Gasteiger partial charge in [-0.3, -0.25) is 4.68 Å². The number of urea groups is 1. The zero-order chi connectivity index (χ0) is 14.6. The van der Waals surface area contributed by atoms with Crippen LogP contribution in [0.3, 0.4) is 0 Å². The molecular formula is C12H19N5O3. The number of nitrogens with one attached hydrogen (secondary N) is 1. The molecule has 1 aliphatic rings. The van der Waals surface area contributed by atoms with Gasteiger partial charge in [0.15, 0.2) is 0 Å². The van der Waals surface area contributed by atoms with Crippen molar-refractivity contribution in [3.63, 3.8) is 0 Å². The van der Waals surface area contributed by atoms with E-state index in [0.717, 1.165) is 6.42 Å². The molecule has 0 radical (unpaired) electrons. The van der Waals surface area contributed by atoms with Gasteiger partial charge in [0, 0.05) is 19.3 Å². The van der Waals surface area contributed by atoms with Gasteiger partial charge in [0.25, 0.3) is 0 Å². The van der Waals surface area contributed by atoms with Crippen molar-refractivity contribution in [3.8, 4) is 0 Å². The molecule has 0 saturated carbocycles. The molecule has 1 unspecified atom stereocenters. The summed E-state index contributed by atoms with van der Waals surface area (Å²) in [6.07, 6.45) is 4.91. The first-order chi connectivity index (χ1) is 9.60. The lowest BCUT2D eigenvalue weighted by atomic mass is 9.93. The molecule has 0 aromatic carbocycles. The second kappa shape index (κ2) is 5.89. The largest absolute Gasteiger partial charge is 0.479 e. The van der Waals surface area contributed by atoms with Gasteiger partial charge in [0.2, 0.25) is 0 Å². The van der Waals surface area contributed by atoms with Crippen LogP contribution in [0.15, 0.2) is 12.4 Å². The van der Waals surface area contributed by atoms with Crippen LogP contribution in [0.4, 0.5) is 4.79 Å². The number of amides is 2. The molecule has 1 aromatic rings. The third kappa shape index (κ3) is 2.59. The SMILES string of the molecule is CCC1(C(=O)O)CCCN1C(=O)NCCn1ccnn1. The summed E-state index contributed by atoms with van der Waals surface area (Å²) in [5.41, 5.74) is -1.06. The van der Waals surface area contributed by atoms with Crippen molar-refractivity contribution >= 4 is 12.0 Å². The van der Waals surface area contributed by atoms with Crippen LogP contribution < -0.4 is 5.32 Å². The number of hydrogen-bond donors (Lipinski definition) is 2. The molecule has 0 aliphatic carbocycles. The molecule has 0 bridgehead atoms. The van der Waals surface area contributed by atoms with Crippen molar-refractivity contribution < 1.29 is 14.7 Å². The number of aromatic nitrogens is 3. The van der Waals surface area contributed by atoms with E-state index in [-0.39, 0.29) is 6.03 Å². The van der Waals surface area contributed by atoms with Crippen LogP contribution in [-0.4, -0.2) is 55.6 Å². The van der Waals surface area contributed by atoms with Crippen molar-refractivity contribution in [1.29, 1.82) is 0 Å². The smallest absolute Gasteiger partial charge is 0.329 e. The fraction of sp³-hybridized carbons (Fsp3) is 0.667. The van der Waals surface area contributed by atoms with Gasteiger partial charge in [0.05, 0.1) is 12.7 Å². The van der Waals surface area contributed by atoms with E-state index in [2.05, 4.69) is 15.6 Å². The van der Waals surface area contributed by atoms with Crippen LogP contribution in [0, 0.1) is 0 Å². The Kier molecular flexibility index (Phi) is 4.21. The quantitative estimate of drug-likeness (QED) is 0.809. The minimum absolute atomic E-state index is 0.327. The summed E-state index contributed by atoms with van der Waals surface area (Å²) in [5.74, 6) is -0.927. The summed E-state index contributed by atoms with van der Waals surface area (Å²) in [7, 11) is 0. The third-order valence-corrected chi connectivity index (χ3v) is 3.81. The van der Waals surface area contributed by atoms with Crippen molar-refractivity contribution in [2.45, 2.75) is 38.3 Å². The molecule has 2 heterocycles. The summed E-state index contributed by atoms with van der Waals surface area (Å²) in [4.78, 5) is 25.1. The summed E-state index contributed by atoms with van der Waals surface area (Å²) < 4.78 is 1.61. The van der Waals surface area contributed by atoms with Gasteiger partial charge in [-0.15, -0.1) is 5.10 Å². The minimum Gasteiger partial charge on any atom is -0.479 e. The van der Waals surface area contributed by atoms with Crippen molar-refractivity contribution in [3.05, 3.63) is 12.4 Å². The predicted molar refractivity (Wildman–Crippen MR) is 70.0 cm³/mol. The lowest BCUT2D eigenvalue weighted by molar-refractivity contribution is -0.148. The number of nitrogens with zero attached hydrogens (tertiary/aromatic N) is 4. The van der Waals surface area contributed by atoms with E-state index in [1.54, 1.807) is 24.0 Å². The van der Waals surface area contributed by atoms with Gasteiger partial charge in [-0.25, -0.2) is 9.59 Å². The van der Waals surface area contributed by atoms with Crippen LogP contribution >= 0.6 is 0 Å². The van der Waals surface area contributed by atoms with E-state index in [1.807, 2.05) is 0 Å². The molecule has 8 heteroatoms. The van der Waals surface area contributed by atoms with Crippen LogP contribution in [0.25, 0.3) is 0 Å². The molecule has 2 amide bonds. The fourth-order valence-electron chi connectivity index (χ4n) is 2.64. The highest BCUT2D eigenvalue weighted by atomic mass is 16.4. The Morgan fingerprint density at radius 2 is 2.30 bits per heavy atom. The van der Waals surface area contributed by atoms with Gasteiger partial charge in [-0.05, 0) is 19.3 Å². The zero-order valence-electron chi connectivity index (χ0n) is 11.4. The Balaban J connectivity index is 1.92. The number of likely N-dealkylation sites (tertiary alicyclic amines) is 1. The van der Waals surface area contributed by atoms with Gasteiger partial charge in [0.1, 0.15) is 5.54 Å². The van der Waals surface area contributed by atoms with Gasteiger partial charge in [-0.2, -0.15) is 0 Å². The fourth-order valence-corrected chi connectivity index (χ4v) is 2.64. The first-order valence-corrected chi connectivity index (χ1v) is 6.73. The van der Waals surface area contributed by atoms with Crippen LogP contribution in [0.1, 0.15) is 26.2 Å². The first-order valence-electron chi connectivity index (χ1n) is 6.73. The van der Waals surface area contributed by atoms with Crippen LogP contribution in [0.2, 0.25) is 0 Å². The summed E-state index contributed by atoms with van der Waals surface area (Å²) in [6, 6.07) is -0.327. The van der Waals surface area contributed by atoms with E-state index in [9.17, 15) is 14.7 Å². The number of hydrogen-bond acceptors (Lipinski definition) is 4. The highest BCUT2D eigenvalue weighted by molar-refractivity contribution is 5.87. The Morgan fingerprint density at radius 3 is 2.90 bits per heavy atom. The zero-order valence-corrected chi connectivity index (χ0v) is 11.4. The molecule has 2 N–H and O–H groups in total. The maximum atomic E-state index is 12.2. The molecular weight excluding hydrogens is 262 g/mol. The number of carbonyl (C=O) groups excluding carboxylic acids is 1. The highest BCUT2D eigenvalue weighted by Gasteiger charge is 2.48. The van der Waals surface area contributed by atoms with Crippen molar-refractivity contribution in [1.82, 2.24) is 25.2 Å². The number of rotatable bonds is 5. The minimum atomic E-state index is -1.06. The molecule has 1 fully saturated rings. The summed E-state index contributed by atoms with van der Waals surface area (Å²) in [5, 5.41) is 19.6. The second-order valence-electron chi connectivity index (χ2n) is 4.84. The Bertz CT molecular complexity index is 475. The number of aliphatic carboxylic acids is 1. The summed E-state index contributed by atoms with van der Waals surface area (Å²) in [6.45, 7) is 3.17. The molecule has 20 heavy (non-hydrogen) atoms. The molecule has 110 valence electrons. The Labute approximate surface area is 116 Å². The second-order valence-corrected chi connectivity index (χ2v) is 4.84. The van der Waals surface area contributed by atoms with Crippen LogP contribution in [-0.2, 0) is 11.3 Å². The molecule has 2 rings (SSSR count). The molecule has 1 saturated heterocycles. The van der Waals surface area contributed by atoms with Crippen molar-refractivity contribution in [2.24, 2.45) is 0 Å². The third-order valence-electron chi connectivity index (χ3n) is 3.81. The van der Waals surface area contributed by atoms with Crippen molar-refractivity contribution in [2.75, 3.05) is 13.1 Å². The normalized spacial score (nSPS) is 21.9. The average Bonchev–Trinajstić information content (AvgIpc) is 3.07. The standard InChI is InChI=1S/C12H19N5O3/c1-2-12(10(18)19)4-3-7-17(12)11(20)13-5-8-16-9-6-14-15-16/h6,9H,2-5,7-8H2,1H3,(H,13,20)(H,18,19). The lowest BCUT2D eigenvalue weighted by Crippen LogP contribution is -2.55. The monoisotopic (exact) mass is 281 g/mol. The number of carbonyl (C=O) groups is 2. The molecule has 1 aromatic heterocycles. The lowest BCUT2D eigenvalue weighted by Gasteiger charge is -2.33.